The second-order valence-corrected chi connectivity index (χ2v) is 3.57. The van der Waals surface area contributed by atoms with Gasteiger partial charge in [0, 0.05) is 34.7 Å². The van der Waals surface area contributed by atoms with Crippen molar-refractivity contribution in [3.63, 3.8) is 0 Å². The molecule has 0 aliphatic carbocycles. The standard InChI is InChI=1S/C10H6BrFN2/c11-9-6-13-3-2-8(9)10-5-7(12)1-4-14-10/h1-6H. The molecule has 0 N–H and O–H groups in total. The zero-order valence-electron chi connectivity index (χ0n) is 7.11. The Hall–Kier alpha value is -1.29. The minimum Gasteiger partial charge on any atom is -0.264 e. The quantitative estimate of drug-likeness (QED) is 0.780. The van der Waals surface area contributed by atoms with Crippen LogP contribution in [0.15, 0.2) is 41.3 Å². The van der Waals surface area contributed by atoms with Crippen LogP contribution in [0.3, 0.4) is 0 Å². The number of halogens is 2. The predicted molar refractivity (Wildman–Crippen MR) is 55.1 cm³/mol. The second-order valence-electron chi connectivity index (χ2n) is 2.71. The van der Waals surface area contributed by atoms with E-state index >= 15 is 0 Å². The van der Waals surface area contributed by atoms with Crippen molar-refractivity contribution in [3.8, 4) is 11.3 Å². The second kappa shape index (κ2) is 3.84. The average Bonchev–Trinajstić information content (AvgIpc) is 2.18. The van der Waals surface area contributed by atoms with Crippen LogP contribution >= 0.6 is 15.9 Å². The maximum absolute atomic E-state index is 12.9. The van der Waals surface area contributed by atoms with E-state index < -0.39 is 0 Å². The highest BCUT2D eigenvalue weighted by Crippen LogP contribution is 2.25. The lowest BCUT2D eigenvalue weighted by Gasteiger charge is -2.02. The smallest absolute Gasteiger partial charge is 0.126 e. The summed E-state index contributed by atoms with van der Waals surface area (Å²) in [7, 11) is 0. The highest BCUT2D eigenvalue weighted by atomic mass is 79.9. The summed E-state index contributed by atoms with van der Waals surface area (Å²) in [6, 6.07) is 4.49. The molecule has 2 rings (SSSR count). The molecule has 0 saturated carbocycles. The molecule has 0 aromatic carbocycles. The van der Waals surface area contributed by atoms with Crippen LogP contribution in [-0.2, 0) is 0 Å². The maximum Gasteiger partial charge on any atom is 0.126 e. The number of pyridine rings is 2. The van der Waals surface area contributed by atoms with Crippen LogP contribution in [0.4, 0.5) is 4.39 Å². The van der Waals surface area contributed by atoms with Crippen molar-refractivity contribution >= 4 is 15.9 Å². The fourth-order valence-corrected chi connectivity index (χ4v) is 1.59. The molecule has 0 bridgehead atoms. The van der Waals surface area contributed by atoms with E-state index in [1.165, 1.54) is 18.3 Å². The molecule has 0 unspecified atom stereocenters. The summed E-state index contributed by atoms with van der Waals surface area (Å²) in [6.45, 7) is 0. The Labute approximate surface area is 89.0 Å². The van der Waals surface area contributed by atoms with Crippen molar-refractivity contribution < 1.29 is 4.39 Å². The van der Waals surface area contributed by atoms with Crippen LogP contribution in [0.1, 0.15) is 0 Å². The first kappa shape index (κ1) is 9.27. The summed E-state index contributed by atoms with van der Waals surface area (Å²) >= 11 is 3.33. The van der Waals surface area contributed by atoms with Crippen molar-refractivity contribution in [3.05, 3.63) is 47.1 Å². The monoisotopic (exact) mass is 252 g/mol. The van der Waals surface area contributed by atoms with E-state index in [-0.39, 0.29) is 5.82 Å². The summed E-state index contributed by atoms with van der Waals surface area (Å²) in [4.78, 5) is 8.00. The molecule has 0 saturated heterocycles. The fraction of sp³-hybridized carbons (Fsp3) is 0. The Morgan fingerprint density at radius 1 is 1.21 bits per heavy atom. The average molecular weight is 253 g/mol. The summed E-state index contributed by atoms with van der Waals surface area (Å²) in [5.74, 6) is -0.293. The summed E-state index contributed by atoms with van der Waals surface area (Å²) in [6.07, 6.45) is 4.74. The molecule has 0 amide bonds. The van der Waals surface area contributed by atoms with Crippen molar-refractivity contribution in [2.45, 2.75) is 0 Å². The van der Waals surface area contributed by atoms with Gasteiger partial charge in [0.1, 0.15) is 5.82 Å². The first-order valence-electron chi connectivity index (χ1n) is 3.99. The summed E-state index contributed by atoms with van der Waals surface area (Å²) in [5.41, 5.74) is 1.43. The first-order valence-corrected chi connectivity index (χ1v) is 4.78. The first-order chi connectivity index (χ1) is 6.77. The predicted octanol–water partition coefficient (Wildman–Crippen LogP) is 3.05. The Morgan fingerprint density at radius 2 is 2.07 bits per heavy atom. The van der Waals surface area contributed by atoms with Gasteiger partial charge in [-0.3, -0.25) is 9.97 Å². The van der Waals surface area contributed by atoms with Gasteiger partial charge in [0.15, 0.2) is 0 Å². The maximum atomic E-state index is 12.9. The third kappa shape index (κ3) is 1.80. The number of hydrogen-bond acceptors (Lipinski definition) is 2. The van der Waals surface area contributed by atoms with Crippen LogP contribution in [0.25, 0.3) is 11.3 Å². The molecule has 4 heteroatoms. The largest absolute Gasteiger partial charge is 0.264 e. The van der Waals surface area contributed by atoms with Gasteiger partial charge in [0.25, 0.3) is 0 Å². The van der Waals surface area contributed by atoms with Gasteiger partial charge in [-0.1, -0.05) is 0 Å². The van der Waals surface area contributed by atoms with E-state index in [2.05, 4.69) is 25.9 Å². The topological polar surface area (TPSA) is 25.8 Å². The van der Waals surface area contributed by atoms with Gasteiger partial charge in [0.2, 0.25) is 0 Å². The van der Waals surface area contributed by atoms with Crippen molar-refractivity contribution in [2.75, 3.05) is 0 Å². The van der Waals surface area contributed by atoms with E-state index in [0.717, 1.165) is 10.0 Å². The Balaban J connectivity index is 2.55. The molecule has 0 aliphatic heterocycles. The molecule has 0 spiro atoms. The molecule has 2 aromatic heterocycles. The molecule has 0 aliphatic rings. The van der Waals surface area contributed by atoms with Gasteiger partial charge in [-0.05, 0) is 28.1 Å². The number of nitrogens with zero attached hydrogens (tertiary/aromatic N) is 2. The van der Waals surface area contributed by atoms with Gasteiger partial charge in [-0.15, -0.1) is 0 Å². The lowest BCUT2D eigenvalue weighted by atomic mass is 10.2. The molecular weight excluding hydrogens is 247 g/mol. The van der Waals surface area contributed by atoms with E-state index in [9.17, 15) is 4.39 Å². The van der Waals surface area contributed by atoms with Crippen LogP contribution in [0.2, 0.25) is 0 Å². The third-order valence-electron chi connectivity index (χ3n) is 1.77. The highest BCUT2D eigenvalue weighted by Gasteiger charge is 2.04. The molecule has 2 nitrogen and oxygen atoms in total. The van der Waals surface area contributed by atoms with Crippen LogP contribution < -0.4 is 0 Å². The molecule has 0 atom stereocenters. The number of rotatable bonds is 1. The van der Waals surface area contributed by atoms with Crippen molar-refractivity contribution in [1.82, 2.24) is 9.97 Å². The molecule has 70 valence electrons. The van der Waals surface area contributed by atoms with Gasteiger partial charge < -0.3 is 0 Å². The number of hydrogen-bond donors (Lipinski definition) is 0. The summed E-state index contributed by atoms with van der Waals surface area (Å²) in [5, 5.41) is 0. The van der Waals surface area contributed by atoms with E-state index in [1.54, 1.807) is 18.5 Å². The lowest BCUT2D eigenvalue weighted by molar-refractivity contribution is 0.626. The minimum atomic E-state index is -0.293. The minimum absolute atomic E-state index is 0.293. The zero-order chi connectivity index (χ0) is 9.97. The Morgan fingerprint density at radius 3 is 2.79 bits per heavy atom. The lowest BCUT2D eigenvalue weighted by Crippen LogP contribution is -1.86. The molecule has 0 fully saturated rings. The molecule has 14 heavy (non-hydrogen) atoms. The zero-order valence-corrected chi connectivity index (χ0v) is 8.70. The van der Waals surface area contributed by atoms with Gasteiger partial charge in [0.05, 0.1) is 5.69 Å². The molecule has 2 aromatic rings. The van der Waals surface area contributed by atoms with Crippen LogP contribution in [-0.4, -0.2) is 9.97 Å². The highest BCUT2D eigenvalue weighted by molar-refractivity contribution is 9.10. The SMILES string of the molecule is Fc1ccnc(-c2ccncc2Br)c1. The van der Waals surface area contributed by atoms with E-state index in [1.807, 2.05) is 0 Å². The van der Waals surface area contributed by atoms with E-state index in [0.29, 0.717) is 5.69 Å². The molecular formula is C10H6BrFN2. The molecule has 2 heterocycles. The third-order valence-corrected chi connectivity index (χ3v) is 2.40. The van der Waals surface area contributed by atoms with Crippen LogP contribution in [0.5, 0.6) is 0 Å². The normalized spacial score (nSPS) is 10.1. The Bertz CT molecular complexity index is 459. The van der Waals surface area contributed by atoms with Crippen LogP contribution in [0, 0.1) is 5.82 Å². The Kier molecular flexibility index (Phi) is 2.54. The van der Waals surface area contributed by atoms with Gasteiger partial charge in [-0.25, -0.2) is 4.39 Å². The van der Waals surface area contributed by atoms with Gasteiger partial charge >= 0.3 is 0 Å². The van der Waals surface area contributed by atoms with E-state index in [4.69, 9.17) is 0 Å². The van der Waals surface area contributed by atoms with Gasteiger partial charge in [-0.2, -0.15) is 0 Å². The molecule has 0 radical (unpaired) electrons. The number of aromatic nitrogens is 2. The van der Waals surface area contributed by atoms with Crippen molar-refractivity contribution in [2.24, 2.45) is 0 Å². The van der Waals surface area contributed by atoms with Crippen molar-refractivity contribution in [1.29, 1.82) is 0 Å². The fourth-order valence-electron chi connectivity index (χ4n) is 1.13. The summed E-state index contributed by atoms with van der Waals surface area (Å²) < 4.78 is 13.7.